The highest BCUT2D eigenvalue weighted by Crippen LogP contribution is 2.36. The fraction of sp³-hybridized carbons (Fsp3) is 0.273. The lowest BCUT2D eigenvalue weighted by Crippen LogP contribution is -1.78. The van der Waals surface area contributed by atoms with Gasteiger partial charge in [0.15, 0.2) is 0 Å². The van der Waals surface area contributed by atoms with Crippen LogP contribution in [0.2, 0.25) is 0 Å². The van der Waals surface area contributed by atoms with Crippen LogP contribution in [0.4, 0.5) is 0 Å². The second-order valence-corrected chi connectivity index (χ2v) is 5.44. The first-order valence-electron chi connectivity index (χ1n) is 4.45. The normalized spacial score (nSPS) is 16.2. The van der Waals surface area contributed by atoms with Crippen molar-refractivity contribution in [2.75, 3.05) is 11.5 Å². The van der Waals surface area contributed by atoms with Gasteiger partial charge in [-0.05, 0) is 12.0 Å². The summed E-state index contributed by atoms with van der Waals surface area (Å²) in [5.74, 6) is 2.57. The van der Waals surface area contributed by atoms with E-state index in [4.69, 9.17) is 0 Å². The minimum Gasteiger partial charge on any atom is -0.119 e. The van der Waals surface area contributed by atoms with E-state index in [1.807, 2.05) is 23.5 Å². The lowest BCUT2D eigenvalue weighted by molar-refractivity contribution is 1.27. The topological polar surface area (TPSA) is 0 Å². The lowest BCUT2D eigenvalue weighted by Gasteiger charge is -1.96. The summed E-state index contributed by atoms with van der Waals surface area (Å²) in [7, 11) is 0. The van der Waals surface area contributed by atoms with Crippen molar-refractivity contribution in [2.24, 2.45) is 0 Å². The minimum absolute atomic E-state index is 1.08. The van der Waals surface area contributed by atoms with E-state index in [0.717, 1.165) is 6.42 Å². The van der Waals surface area contributed by atoms with Crippen LogP contribution >= 0.6 is 23.5 Å². The van der Waals surface area contributed by atoms with Crippen LogP contribution in [0.5, 0.6) is 0 Å². The number of benzene rings is 1. The molecule has 1 aromatic rings. The predicted octanol–water partition coefficient (Wildman–Crippen LogP) is 3.55. The molecule has 1 aliphatic heterocycles. The van der Waals surface area contributed by atoms with Gasteiger partial charge in [-0.3, -0.25) is 0 Å². The van der Waals surface area contributed by atoms with Crippen molar-refractivity contribution in [3.63, 3.8) is 0 Å². The highest BCUT2D eigenvalue weighted by atomic mass is 32.2. The highest BCUT2D eigenvalue weighted by molar-refractivity contribution is 8.25. The van der Waals surface area contributed by atoms with E-state index in [-0.39, 0.29) is 0 Å². The Balaban J connectivity index is 1.95. The number of allylic oxidation sites excluding steroid dienone is 1. The van der Waals surface area contributed by atoms with Crippen LogP contribution in [0.25, 0.3) is 0 Å². The molecule has 1 aromatic carbocycles. The van der Waals surface area contributed by atoms with Crippen molar-refractivity contribution in [1.29, 1.82) is 0 Å². The van der Waals surface area contributed by atoms with Gasteiger partial charge in [-0.2, -0.15) is 0 Å². The second kappa shape index (κ2) is 4.77. The molecule has 13 heavy (non-hydrogen) atoms. The fourth-order valence-electron chi connectivity index (χ4n) is 1.26. The van der Waals surface area contributed by atoms with Crippen molar-refractivity contribution < 1.29 is 0 Å². The molecule has 0 aromatic heterocycles. The summed E-state index contributed by atoms with van der Waals surface area (Å²) in [5.41, 5.74) is 1.41. The maximum absolute atomic E-state index is 2.34. The Morgan fingerprint density at radius 2 is 1.77 bits per heavy atom. The van der Waals surface area contributed by atoms with Crippen LogP contribution in [-0.4, -0.2) is 11.5 Å². The molecule has 1 fully saturated rings. The van der Waals surface area contributed by atoms with E-state index in [1.54, 1.807) is 0 Å². The predicted molar refractivity (Wildman–Crippen MR) is 63.1 cm³/mol. The summed E-state index contributed by atoms with van der Waals surface area (Å²) in [6.45, 7) is 0. The van der Waals surface area contributed by atoms with Crippen molar-refractivity contribution in [3.05, 3.63) is 46.2 Å². The quantitative estimate of drug-likeness (QED) is 0.729. The molecule has 0 amide bonds. The Hall–Kier alpha value is -0.340. The number of hydrogen-bond acceptors (Lipinski definition) is 2. The van der Waals surface area contributed by atoms with Crippen LogP contribution < -0.4 is 0 Å². The zero-order valence-corrected chi connectivity index (χ0v) is 9.03. The van der Waals surface area contributed by atoms with Gasteiger partial charge in [0.1, 0.15) is 0 Å². The molecule has 0 N–H and O–H groups in total. The van der Waals surface area contributed by atoms with E-state index in [9.17, 15) is 0 Å². The van der Waals surface area contributed by atoms with Crippen LogP contribution in [-0.2, 0) is 6.42 Å². The smallest absolute Gasteiger partial charge is 0.0364 e. The summed E-state index contributed by atoms with van der Waals surface area (Å²) in [6.07, 6.45) is 3.42. The molecule has 0 nitrogen and oxygen atoms in total. The van der Waals surface area contributed by atoms with Gasteiger partial charge in [0, 0.05) is 15.7 Å². The van der Waals surface area contributed by atoms with Gasteiger partial charge in [-0.25, -0.2) is 0 Å². The summed E-state index contributed by atoms with van der Waals surface area (Å²) < 4.78 is 1.50. The second-order valence-electron chi connectivity index (χ2n) is 2.91. The molecule has 0 spiro atoms. The first-order chi connectivity index (χ1) is 6.45. The van der Waals surface area contributed by atoms with E-state index >= 15 is 0 Å². The Morgan fingerprint density at radius 1 is 1.08 bits per heavy atom. The van der Waals surface area contributed by atoms with Gasteiger partial charge < -0.3 is 0 Å². The maximum atomic E-state index is 2.34. The first kappa shape index (κ1) is 9.22. The molecular formula is C11H12S2. The van der Waals surface area contributed by atoms with E-state index in [0.29, 0.717) is 0 Å². The van der Waals surface area contributed by atoms with Crippen molar-refractivity contribution in [1.82, 2.24) is 0 Å². The molecule has 0 atom stereocenters. The molecule has 2 rings (SSSR count). The molecule has 0 unspecified atom stereocenters. The minimum atomic E-state index is 1.08. The third-order valence-electron chi connectivity index (χ3n) is 1.92. The van der Waals surface area contributed by atoms with Crippen molar-refractivity contribution in [3.8, 4) is 0 Å². The monoisotopic (exact) mass is 208 g/mol. The van der Waals surface area contributed by atoms with E-state index in [1.165, 1.54) is 21.3 Å². The molecule has 1 saturated heterocycles. The molecule has 1 heterocycles. The zero-order chi connectivity index (χ0) is 8.93. The Kier molecular flexibility index (Phi) is 3.39. The maximum Gasteiger partial charge on any atom is 0.0364 e. The molecule has 1 aliphatic rings. The summed E-state index contributed by atoms with van der Waals surface area (Å²) in [4.78, 5) is 0. The Labute approximate surface area is 87.8 Å². The van der Waals surface area contributed by atoms with Crippen molar-refractivity contribution >= 4 is 23.5 Å². The average molecular weight is 208 g/mol. The average Bonchev–Trinajstić information content (AvgIpc) is 2.69. The third kappa shape index (κ3) is 2.82. The molecule has 0 radical (unpaired) electrons. The Morgan fingerprint density at radius 3 is 2.46 bits per heavy atom. The first-order valence-corrected chi connectivity index (χ1v) is 6.42. The van der Waals surface area contributed by atoms with Crippen LogP contribution in [0, 0.1) is 0 Å². The van der Waals surface area contributed by atoms with Gasteiger partial charge in [0.25, 0.3) is 0 Å². The molecular weight excluding hydrogens is 196 g/mol. The van der Waals surface area contributed by atoms with E-state index in [2.05, 4.69) is 36.4 Å². The largest absolute Gasteiger partial charge is 0.119 e. The van der Waals surface area contributed by atoms with Gasteiger partial charge in [-0.15, -0.1) is 23.5 Å². The Bertz CT molecular complexity index is 282. The zero-order valence-electron chi connectivity index (χ0n) is 7.40. The van der Waals surface area contributed by atoms with Gasteiger partial charge >= 0.3 is 0 Å². The van der Waals surface area contributed by atoms with Gasteiger partial charge in [0.05, 0.1) is 0 Å². The number of hydrogen-bond donors (Lipinski definition) is 0. The SMILES string of the molecule is C(Cc1ccccc1)=C1SCCS1. The summed E-state index contributed by atoms with van der Waals surface area (Å²) in [6, 6.07) is 10.6. The summed E-state index contributed by atoms with van der Waals surface area (Å²) >= 11 is 3.97. The summed E-state index contributed by atoms with van der Waals surface area (Å²) in [5, 5.41) is 0. The molecule has 0 aliphatic carbocycles. The molecule has 0 bridgehead atoms. The number of rotatable bonds is 2. The molecule has 68 valence electrons. The standard InChI is InChI=1S/C11H12S2/c1-2-4-10(5-3-1)6-7-11-12-8-9-13-11/h1-5,7H,6,8-9H2. The fourth-order valence-corrected chi connectivity index (χ4v) is 3.56. The molecule has 2 heteroatoms. The number of thioether (sulfide) groups is 2. The van der Waals surface area contributed by atoms with Crippen LogP contribution in [0.1, 0.15) is 5.56 Å². The van der Waals surface area contributed by atoms with Crippen LogP contribution in [0.15, 0.2) is 40.6 Å². The van der Waals surface area contributed by atoms with Gasteiger partial charge in [-0.1, -0.05) is 36.4 Å². The van der Waals surface area contributed by atoms with Crippen molar-refractivity contribution in [2.45, 2.75) is 6.42 Å². The molecule has 0 saturated carbocycles. The van der Waals surface area contributed by atoms with E-state index < -0.39 is 0 Å². The van der Waals surface area contributed by atoms with Gasteiger partial charge in [0.2, 0.25) is 0 Å². The third-order valence-corrected chi connectivity index (χ3v) is 4.60. The van der Waals surface area contributed by atoms with Crippen LogP contribution in [0.3, 0.4) is 0 Å². The highest BCUT2D eigenvalue weighted by Gasteiger charge is 2.06. The lowest BCUT2D eigenvalue weighted by atomic mass is 10.2.